The number of hydrogen-bond acceptors (Lipinski definition) is 4. The van der Waals surface area contributed by atoms with Gasteiger partial charge in [-0.25, -0.2) is 4.98 Å². The monoisotopic (exact) mass is 379 g/mol. The highest BCUT2D eigenvalue weighted by atomic mass is 16.5. The molecule has 1 atom stereocenters. The number of rotatable bonds is 6. The van der Waals surface area contributed by atoms with Crippen LogP contribution in [-0.4, -0.2) is 40.7 Å². The molecule has 0 bridgehead atoms. The van der Waals surface area contributed by atoms with Crippen LogP contribution in [0.5, 0.6) is 11.5 Å². The second kappa shape index (κ2) is 8.23. The molecule has 0 amide bonds. The Morgan fingerprint density at radius 2 is 1.89 bits per heavy atom. The fourth-order valence-corrected chi connectivity index (χ4v) is 3.92. The number of pyridine rings is 1. The largest absolute Gasteiger partial charge is 0.493 e. The summed E-state index contributed by atoms with van der Waals surface area (Å²) >= 11 is 0. The third kappa shape index (κ3) is 3.85. The van der Waals surface area contributed by atoms with Crippen molar-refractivity contribution in [3.63, 3.8) is 0 Å². The van der Waals surface area contributed by atoms with E-state index in [1.807, 2.05) is 28.9 Å². The van der Waals surface area contributed by atoms with Crippen LogP contribution in [-0.2, 0) is 0 Å². The van der Waals surface area contributed by atoms with E-state index in [0.29, 0.717) is 0 Å². The Balaban J connectivity index is 1.59. The number of imidazole rings is 1. The molecule has 0 N–H and O–H groups in total. The molecule has 0 radical (unpaired) electrons. The van der Waals surface area contributed by atoms with Crippen LogP contribution in [0.15, 0.2) is 42.7 Å². The predicted octanol–water partition coefficient (Wildman–Crippen LogP) is 4.92. The summed E-state index contributed by atoms with van der Waals surface area (Å²) in [5.41, 5.74) is 4.11. The van der Waals surface area contributed by atoms with Gasteiger partial charge in [0.15, 0.2) is 17.7 Å². The predicted molar refractivity (Wildman–Crippen MR) is 112 cm³/mol. The number of fused-ring (bicyclic) bond motifs is 1. The van der Waals surface area contributed by atoms with E-state index in [4.69, 9.17) is 14.5 Å². The number of methoxy groups -OCH3 is 1. The number of piperidine rings is 1. The van der Waals surface area contributed by atoms with Crippen LogP contribution in [0.25, 0.3) is 16.9 Å². The summed E-state index contributed by atoms with van der Waals surface area (Å²) in [4.78, 5) is 7.20. The van der Waals surface area contributed by atoms with Gasteiger partial charge in [0.2, 0.25) is 0 Å². The molecular weight excluding hydrogens is 350 g/mol. The zero-order valence-corrected chi connectivity index (χ0v) is 17.0. The van der Waals surface area contributed by atoms with Gasteiger partial charge >= 0.3 is 0 Å². The van der Waals surface area contributed by atoms with Gasteiger partial charge in [0, 0.05) is 31.0 Å². The van der Waals surface area contributed by atoms with Crippen molar-refractivity contribution >= 4 is 5.65 Å². The maximum Gasteiger partial charge on any atom is 0.163 e. The Labute approximate surface area is 166 Å². The Hall–Kier alpha value is -2.53. The second-order valence-corrected chi connectivity index (χ2v) is 7.54. The molecule has 1 fully saturated rings. The number of benzene rings is 1. The lowest BCUT2D eigenvalue weighted by Crippen LogP contribution is -2.42. The average molecular weight is 380 g/mol. The first-order valence-corrected chi connectivity index (χ1v) is 10.2. The molecule has 1 aliphatic rings. The van der Waals surface area contributed by atoms with Crippen molar-refractivity contribution in [1.82, 2.24) is 14.3 Å². The van der Waals surface area contributed by atoms with Gasteiger partial charge in [-0.2, -0.15) is 0 Å². The van der Waals surface area contributed by atoms with Crippen LogP contribution in [0.3, 0.4) is 0 Å². The molecule has 3 aromatic rings. The molecule has 5 nitrogen and oxygen atoms in total. The van der Waals surface area contributed by atoms with Crippen molar-refractivity contribution < 1.29 is 9.47 Å². The highest BCUT2D eigenvalue weighted by molar-refractivity contribution is 5.66. The first-order chi connectivity index (χ1) is 13.7. The third-order valence-electron chi connectivity index (χ3n) is 5.49. The fourth-order valence-electron chi connectivity index (χ4n) is 3.92. The molecule has 0 saturated carbocycles. The Morgan fingerprint density at radius 3 is 2.64 bits per heavy atom. The molecule has 148 valence electrons. The average Bonchev–Trinajstić information content (AvgIpc) is 3.15. The van der Waals surface area contributed by atoms with Crippen molar-refractivity contribution in [3.05, 3.63) is 48.3 Å². The van der Waals surface area contributed by atoms with Crippen LogP contribution < -0.4 is 9.47 Å². The van der Waals surface area contributed by atoms with E-state index in [2.05, 4.69) is 36.9 Å². The number of ether oxygens (including phenoxy) is 2. The number of likely N-dealkylation sites (tertiary alicyclic amines) is 1. The van der Waals surface area contributed by atoms with E-state index >= 15 is 0 Å². The van der Waals surface area contributed by atoms with Crippen LogP contribution in [0.4, 0.5) is 0 Å². The van der Waals surface area contributed by atoms with Crippen molar-refractivity contribution in [2.75, 3.05) is 20.2 Å². The van der Waals surface area contributed by atoms with Gasteiger partial charge in [-0.05, 0) is 62.1 Å². The minimum Gasteiger partial charge on any atom is -0.493 e. The topological polar surface area (TPSA) is 39.0 Å². The number of aromatic nitrogens is 2. The van der Waals surface area contributed by atoms with E-state index in [1.54, 1.807) is 7.11 Å². The van der Waals surface area contributed by atoms with E-state index in [0.717, 1.165) is 47.9 Å². The van der Waals surface area contributed by atoms with E-state index in [9.17, 15) is 0 Å². The second-order valence-electron chi connectivity index (χ2n) is 7.54. The lowest BCUT2D eigenvalue weighted by atomic mass is 10.1. The molecular formula is C23H29N3O2. The van der Waals surface area contributed by atoms with Crippen molar-refractivity contribution in [2.24, 2.45) is 0 Å². The minimum absolute atomic E-state index is 0.0956. The van der Waals surface area contributed by atoms with Crippen molar-refractivity contribution in [2.45, 2.75) is 45.8 Å². The van der Waals surface area contributed by atoms with Gasteiger partial charge in [0.05, 0.1) is 12.8 Å². The van der Waals surface area contributed by atoms with Crippen LogP contribution in [0.2, 0.25) is 0 Å². The molecule has 1 aliphatic heterocycles. The lowest BCUT2D eigenvalue weighted by Gasteiger charge is -2.34. The summed E-state index contributed by atoms with van der Waals surface area (Å²) in [5, 5.41) is 0. The summed E-state index contributed by atoms with van der Waals surface area (Å²) < 4.78 is 14.1. The van der Waals surface area contributed by atoms with Crippen LogP contribution in [0.1, 0.15) is 38.2 Å². The van der Waals surface area contributed by atoms with E-state index in [-0.39, 0.29) is 6.23 Å². The summed E-state index contributed by atoms with van der Waals surface area (Å²) in [7, 11) is 1.70. The first-order valence-electron chi connectivity index (χ1n) is 10.2. The summed E-state index contributed by atoms with van der Waals surface area (Å²) in [5.74, 6) is 1.55. The lowest BCUT2D eigenvalue weighted by molar-refractivity contribution is 0.00824. The number of aryl methyl sites for hydroxylation is 1. The van der Waals surface area contributed by atoms with E-state index in [1.165, 1.54) is 24.8 Å². The van der Waals surface area contributed by atoms with Gasteiger partial charge in [-0.15, -0.1) is 0 Å². The number of nitrogens with zero attached hydrogens (tertiary/aromatic N) is 3. The van der Waals surface area contributed by atoms with Gasteiger partial charge in [-0.1, -0.05) is 13.3 Å². The smallest absolute Gasteiger partial charge is 0.163 e. The molecule has 0 aliphatic carbocycles. The van der Waals surface area contributed by atoms with E-state index < -0.39 is 0 Å². The SMILES string of the molecule is CCC(Oc1ccc(-c2cn3ccc(C)cc3n2)cc1OC)N1CCCCC1. The van der Waals surface area contributed by atoms with Gasteiger partial charge < -0.3 is 13.9 Å². The maximum absolute atomic E-state index is 6.37. The Kier molecular flexibility index (Phi) is 5.53. The molecule has 1 aromatic carbocycles. The highest BCUT2D eigenvalue weighted by Gasteiger charge is 2.22. The van der Waals surface area contributed by atoms with Gasteiger partial charge in [0.25, 0.3) is 0 Å². The normalized spacial score (nSPS) is 16.2. The fraction of sp³-hybridized carbons (Fsp3) is 0.435. The summed E-state index contributed by atoms with van der Waals surface area (Å²) in [6.45, 7) is 6.48. The Morgan fingerprint density at radius 1 is 1.07 bits per heavy atom. The Bertz CT molecular complexity index is 944. The van der Waals surface area contributed by atoms with Crippen LogP contribution in [0, 0.1) is 6.92 Å². The molecule has 28 heavy (non-hydrogen) atoms. The zero-order valence-electron chi connectivity index (χ0n) is 17.0. The molecule has 2 aromatic heterocycles. The summed E-state index contributed by atoms with van der Waals surface area (Å²) in [6, 6.07) is 10.3. The molecule has 5 heteroatoms. The van der Waals surface area contributed by atoms with Gasteiger partial charge in [0.1, 0.15) is 5.65 Å². The van der Waals surface area contributed by atoms with Gasteiger partial charge in [-0.3, -0.25) is 4.90 Å². The maximum atomic E-state index is 6.37. The van der Waals surface area contributed by atoms with Crippen molar-refractivity contribution in [3.8, 4) is 22.8 Å². The quantitative estimate of drug-likeness (QED) is 0.609. The highest BCUT2D eigenvalue weighted by Crippen LogP contribution is 2.34. The third-order valence-corrected chi connectivity index (χ3v) is 5.49. The zero-order chi connectivity index (χ0) is 19.5. The molecule has 0 spiro atoms. The molecule has 4 rings (SSSR count). The standard InChI is InChI=1S/C23H29N3O2/c1-4-23(25-11-6-5-7-12-25)28-20-9-8-18(15-21(20)27-3)19-16-26-13-10-17(2)14-22(26)24-19/h8-10,13-16,23H,4-7,11-12H2,1-3H3. The summed E-state index contributed by atoms with van der Waals surface area (Å²) in [6.07, 6.45) is 8.97. The molecule has 3 heterocycles. The van der Waals surface area contributed by atoms with Crippen molar-refractivity contribution in [1.29, 1.82) is 0 Å². The molecule has 1 saturated heterocycles. The molecule has 1 unspecified atom stereocenters. The number of hydrogen-bond donors (Lipinski definition) is 0. The van der Waals surface area contributed by atoms with Crippen LogP contribution >= 0.6 is 0 Å². The first kappa shape index (κ1) is 18.8. The minimum atomic E-state index is 0.0956.